The van der Waals surface area contributed by atoms with Crippen LogP contribution in [0.3, 0.4) is 0 Å². The lowest BCUT2D eigenvalue weighted by Crippen LogP contribution is -2.07. The van der Waals surface area contributed by atoms with Crippen LogP contribution in [-0.2, 0) is 0 Å². The highest BCUT2D eigenvalue weighted by Gasteiger charge is 2.14. The molecule has 0 fully saturated rings. The fraction of sp³-hybridized carbons (Fsp3) is 0.188. The molecule has 0 radical (unpaired) electrons. The van der Waals surface area contributed by atoms with E-state index in [1.54, 1.807) is 36.5 Å². The first-order chi connectivity index (χ1) is 11.0. The van der Waals surface area contributed by atoms with Gasteiger partial charge >= 0.3 is 0 Å². The normalized spacial score (nSPS) is 11.0. The van der Waals surface area contributed by atoms with Crippen molar-refractivity contribution >= 4 is 11.6 Å². The number of ether oxygens (including phenoxy) is 1. The lowest BCUT2D eigenvalue weighted by Gasteiger charge is -2.09. The van der Waals surface area contributed by atoms with Crippen LogP contribution in [-0.4, -0.2) is 26.3 Å². The van der Waals surface area contributed by atoms with Gasteiger partial charge in [0.1, 0.15) is 10.8 Å². The highest BCUT2D eigenvalue weighted by atomic mass is 35.5. The van der Waals surface area contributed by atoms with E-state index in [9.17, 15) is 5.11 Å². The highest BCUT2D eigenvalue weighted by molar-refractivity contribution is 6.32. The van der Waals surface area contributed by atoms with Gasteiger partial charge in [0, 0.05) is 11.8 Å². The summed E-state index contributed by atoms with van der Waals surface area (Å²) in [6.45, 7) is 3.79. The molecule has 23 heavy (non-hydrogen) atoms. The maximum absolute atomic E-state index is 9.31. The third-order valence-corrected chi connectivity index (χ3v) is 3.22. The predicted octanol–water partition coefficient (Wildman–Crippen LogP) is 3.94. The van der Waals surface area contributed by atoms with Crippen molar-refractivity contribution in [3.63, 3.8) is 0 Å². The molecule has 6 nitrogen and oxygen atoms in total. The molecule has 0 saturated heterocycles. The molecule has 2 heterocycles. The summed E-state index contributed by atoms with van der Waals surface area (Å²) in [5.74, 6) is 1.26. The minimum atomic E-state index is -0.0182. The molecule has 7 heteroatoms. The predicted molar refractivity (Wildman–Crippen MR) is 85.4 cm³/mol. The molecular formula is C16H14ClN3O3. The van der Waals surface area contributed by atoms with E-state index in [1.165, 1.54) is 0 Å². The van der Waals surface area contributed by atoms with E-state index >= 15 is 0 Å². The monoisotopic (exact) mass is 331 g/mol. The SMILES string of the molecule is CC(C)Oc1ncc(-c2nc(-c3ccc(O)cc3)no2)cc1Cl. The van der Waals surface area contributed by atoms with Gasteiger partial charge in [-0.1, -0.05) is 16.8 Å². The van der Waals surface area contributed by atoms with E-state index < -0.39 is 0 Å². The van der Waals surface area contributed by atoms with Crippen molar-refractivity contribution in [2.24, 2.45) is 0 Å². The Balaban J connectivity index is 1.88. The van der Waals surface area contributed by atoms with E-state index in [2.05, 4.69) is 15.1 Å². The molecule has 2 aromatic heterocycles. The number of nitrogens with zero attached hydrogens (tertiary/aromatic N) is 3. The zero-order valence-corrected chi connectivity index (χ0v) is 13.3. The molecule has 0 amide bonds. The van der Waals surface area contributed by atoms with E-state index in [0.717, 1.165) is 5.56 Å². The largest absolute Gasteiger partial charge is 0.508 e. The molecule has 0 aliphatic rings. The van der Waals surface area contributed by atoms with E-state index in [4.69, 9.17) is 20.9 Å². The molecule has 0 aliphatic heterocycles. The average molecular weight is 332 g/mol. The number of hydrogen-bond donors (Lipinski definition) is 1. The summed E-state index contributed by atoms with van der Waals surface area (Å²) in [5, 5.41) is 13.6. The lowest BCUT2D eigenvalue weighted by molar-refractivity contribution is 0.233. The molecule has 3 rings (SSSR count). The number of hydrogen-bond acceptors (Lipinski definition) is 6. The minimum absolute atomic E-state index is 0.0182. The highest BCUT2D eigenvalue weighted by Crippen LogP contribution is 2.29. The second-order valence-corrected chi connectivity index (χ2v) is 5.55. The quantitative estimate of drug-likeness (QED) is 0.779. The third-order valence-electron chi connectivity index (χ3n) is 2.95. The Bertz CT molecular complexity index is 816. The summed E-state index contributed by atoms with van der Waals surface area (Å²) in [6.07, 6.45) is 1.55. The molecule has 0 atom stereocenters. The maximum Gasteiger partial charge on any atom is 0.259 e. The van der Waals surface area contributed by atoms with Crippen LogP contribution in [0.4, 0.5) is 0 Å². The summed E-state index contributed by atoms with van der Waals surface area (Å²) in [7, 11) is 0. The van der Waals surface area contributed by atoms with Gasteiger partial charge in [0.15, 0.2) is 0 Å². The van der Waals surface area contributed by atoms with Crippen LogP contribution in [0, 0.1) is 0 Å². The van der Waals surface area contributed by atoms with Crippen molar-refractivity contribution in [3.05, 3.63) is 41.6 Å². The van der Waals surface area contributed by atoms with Crippen molar-refractivity contribution in [1.29, 1.82) is 0 Å². The van der Waals surface area contributed by atoms with Crippen LogP contribution in [0.25, 0.3) is 22.8 Å². The van der Waals surface area contributed by atoms with Crippen molar-refractivity contribution < 1.29 is 14.4 Å². The van der Waals surface area contributed by atoms with Crippen molar-refractivity contribution in [1.82, 2.24) is 15.1 Å². The Hall–Kier alpha value is -2.60. The molecule has 0 unspecified atom stereocenters. The van der Waals surface area contributed by atoms with Gasteiger partial charge in [-0.2, -0.15) is 4.98 Å². The van der Waals surface area contributed by atoms with Gasteiger partial charge in [-0.3, -0.25) is 0 Å². The van der Waals surface area contributed by atoms with Gasteiger partial charge in [-0.25, -0.2) is 4.98 Å². The van der Waals surface area contributed by atoms with Crippen molar-refractivity contribution in [3.8, 4) is 34.5 Å². The molecule has 3 aromatic rings. The van der Waals surface area contributed by atoms with E-state index in [0.29, 0.717) is 28.2 Å². The van der Waals surface area contributed by atoms with Gasteiger partial charge in [0.2, 0.25) is 11.7 Å². The minimum Gasteiger partial charge on any atom is -0.508 e. The average Bonchev–Trinajstić information content (AvgIpc) is 2.99. The fourth-order valence-electron chi connectivity index (χ4n) is 1.92. The summed E-state index contributed by atoms with van der Waals surface area (Å²) >= 11 is 6.16. The van der Waals surface area contributed by atoms with Gasteiger partial charge in [-0.15, -0.1) is 0 Å². The second-order valence-electron chi connectivity index (χ2n) is 5.15. The number of phenols is 1. The molecule has 1 N–H and O–H groups in total. The smallest absolute Gasteiger partial charge is 0.259 e. The Kier molecular flexibility index (Phi) is 4.16. The standard InChI is InChI=1S/C16H14ClN3O3/c1-9(2)22-16-13(17)7-11(8-18-16)15-19-14(20-23-15)10-3-5-12(21)6-4-10/h3-9,21H,1-2H3. The third kappa shape index (κ3) is 3.43. The van der Waals surface area contributed by atoms with Crippen LogP contribution in [0.15, 0.2) is 41.1 Å². The Morgan fingerprint density at radius 1 is 1.17 bits per heavy atom. The maximum atomic E-state index is 9.31. The molecule has 0 saturated carbocycles. The van der Waals surface area contributed by atoms with E-state index in [1.807, 2.05) is 13.8 Å². The number of phenolic OH excluding ortho intramolecular Hbond substituents is 1. The Labute approximate surface area is 137 Å². The second kappa shape index (κ2) is 6.26. The summed E-state index contributed by atoms with van der Waals surface area (Å²) in [6, 6.07) is 8.19. The van der Waals surface area contributed by atoms with E-state index in [-0.39, 0.29) is 11.9 Å². The molecule has 0 spiro atoms. The summed E-state index contributed by atoms with van der Waals surface area (Å²) in [5.41, 5.74) is 1.33. The van der Waals surface area contributed by atoms with Crippen LogP contribution in [0.2, 0.25) is 5.02 Å². The van der Waals surface area contributed by atoms with Crippen molar-refractivity contribution in [2.75, 3.05) is 0 Å². The molecular weight excluding hydrogens is 318 g/mol. The molecule has 118 valence electrons. The molecule has 0 aliphatic carbocycles. The number of benzene rings is 1. The van der Waals surface area contributed by atoms with Gasteiger partial charge in [0.05, 0.1) is 11.7 Å². The van der Waals surface area contributed by atoms with Gasteiger partial charge in [-0.05, 0) is 44.2 Å². The van der Waals surface area contributed by atoms with Crippen LogP contribution >= 0.6 is 11.6 Å². The van der Waals surface area contributed by atoms with Crippen LogP contribution in [0.5, 0.6) is 11.6 Å². The number of pyridine rings is 1. The Morgan fingerprint density at radius 3 is 2.57 bits per heavy atom. The summed E-state index contributed by atoms with van der Waals surface area (Å²) < 4.78 is 10.7. The Morgan fingerprint density at radius 2 is 1.91 bits per heavy atom. The first kappa shape index (κ1) is 15.3. The summed E-state index contributed by atoms with van der Waals surface area (Å²) in [4.78, 5) is 8.49. The van der Waals surface area contributed by atoms with Gasteiger partial charge in [0.25, 0.3) is 5.89 Å². The first-order valence-corrected chi connectivity index (χ1v) is 7.36. The fourth-order valence-corrected chi connectivity index (χ4v) is 2.13. The first-order valence-electron chi connectivity index (χ1n) is 6.98. The zero-order chi connectivity index (χ0) is 16.4. The number of aromatic nitrogens is 3. The van der Waals surface area contributed by atoms with Crippen LogP contribution in [0.1, 0.15) is 13.8 Å². The molecule has 1 aromatic carbocycles. The van der Waals surface area contributed by atoms with Crippen LogP contribution < -0.4 is 4.74 Å². The topological polar surface area (TPSA) is 81.3 Å². The molecule has 0 bridgehead atoms. The number of aromatic hydroxyl groups is 1. The lowest BCUT2D eigenvalue weighted by atomic mass is 10.2. The zero-order valence-electron chi connectivity index (χ0n) is 12.5. The van der Waals surface area contributed by atoms with Gasteiger partial charge < -0.3 is 14.4 Å². The number of halogens is 1. The number of rotatable bonds is 4. The van der Waals surface area contributed by atoms with Crippen molar-refractivity contribution in [2.45, 2.75) is 20.0 Å².